The van der Waals surface area contributed by atoms with Gasteiger partial charge in [0.15, 0.2) is 0 Å². The van der Waals surface area contributed by atoms with Crippen molar-refractivity contribution in [3.05, 3.63) is 0 Å². The Hall–Kier alpha value is -0.620. The van der Waals surface area contributed by atoms with Crippen LogP contribution in [0.1, 0.15) is 13.8 Å². The van der Waals surface area contributed by atoms with Crippen LogP contribution in [0, 0.1) is 5.92 Å². The summed E-state index contributed by atoms with van der Waals surface area (Å²) in [6, 6.07) is -0.419. The van der Waals surface area contributed by atoms with Crippen LogP contribution < -0.4 is 0 Å². The van der Waals surface area contributed by atoms with Gasteiger partial charge in [0.1, 0.15) is 0 Å². The molecule has 1 unspecified atom stereocenters. The summed E-state index contributed by atoms with van der Waals surface area (Å²) in [5.41, 5.74) is 0. The molecule has 1 heterocycles. The van der Waals surface area contributed by atoms with Crippen LogP contribution in [0.5, 0.6) is 0 Å². The molecular weight excluding hydrogens is 170 g/mol. The van der Waals surface area contributed by atoms with E-state index in [-0.39, 0.29) is 5.92 Å². The van der Waals surface area contributed by atoms with Crippen LogP contribution in [0.4, 0.5) is 0 Å². The zero-order chi connectivity index (χ0) is 8.81. The van der Waals surface area contributed by atoms with E-state index in [9.17, 15) is 13.2 Å². The molecule has 0 spiro atoms. The van der Waals surface area contributed by atoms with Gasteiger partial charge in [-0.2, -0.15) is 8.42 Å². The molecule has 1 amide bonds. The molecule has 1 aliphatic heterocycles. The van der Waals surface area contributed by atoms with Crippen molar-refractivity contribution in [2.45, 2.75) is 19.9 Å². The van der Waals surface area contributed by atoms with Gasteiger partial charge in [0.05, 0.1) is 12.0 Å². The smallest absolute Gasteiger partial charge is 0.273 e. The van der Waals surface area contributed by atoms with Gasteiger partial charge in [0.2, 0.25) is 5.91 Å². The Balaban J connectivity index is 2.88. The highest BCUT2D eigenvalue weighted by atomic mass is 32.2. The first-order chi connectivity index (χ1) is 4.85. The number of β-lactam (4-membered cyclic amide) rings is 1. The van der Waals surface area contributed by atoms with E-state index in [2.05, 4.69) is 0 Å². The summed E-state index contributed by atoms with van der Waals surface area (Å²) in [4.78, 5) is 10.8. The number of amides is 1. The Morgan fingerprint density at radius 2 is 1.91 bits per heavy atom. The number of rotatable bonds is 1. The van der Waals surface area contributed by atoms with E-state index in [0.29, 0.717) is 4.31 Å². The van der Waals surface area contributed by atoms with E-state index in [1.165, 1.54) is 0 Å². The molecule has 0 aromatic rings. The first-order valence-corrected chi connectivity index (χ1v) is 4.56. The predicted molar refractivity (Wildman–Crippen MR) is 37.0 cm³/mol. The molecule has 0 saturated carbocycles. The van der Waals surface area contributed by atoms with E-state index in [1.807, 2.05) is 0 Å². The van der Waals surface area contributed by atoms with Gasteiger partial charge in [-0.25, -0.2) is 4.31 Å². The van der Waals surface area contributed by atoms with E-state index in [4.69, 9.17) is 4.55 Å². The van der Waals surface area contributed by atoms with Crippen molar-refractivity contribution < 1.29 is 17.8 Å². The van der Waals surface area contributed by atoms with Crippen LogP contribution in [0.25, 0.3) is 0 Å². The van der Waals surface area contributed by atoms with Gasteiger partial charge in [-0.1, -0.05) is 6.92 Å². The van der Waals surface area contributed by atoms with Crippen molar-refractivity contribution in [1.29, 1.82) is 0 Å². The van der Waals surface area contributed by atoms with E-state index in [1.54, 1.807) is 13.8 Å². The second-order valence-corrected chi connectivity index (χ2v) is 3.93. The lowest BCUT2D eigenvalue weighted by molar-refractivity contribution is -0.144. The van der Waals surface area contributed by atoms with Gasteiger partial charge in [-0.05, 0) is 6.92 Å². The first-order valence-electron chi connectivity index (χ1n) is 3.16. The highest BCUT2D eigenvalue weighted by molar-refractivity contribution is 7.84. The zero-order valence-electron chi connectivity index (χ0n) is 6.18. The van der Waals surface area contributed by atoms with Gasteiger partial charge in [-0.3, -0.25) is 9.35 Å². The number of carbonyl (C=O) groups is 1. The second kappa shape index (κ2) is 2.18. The molecule has 0 aliphatic carbocycles. The van der Waals surface area contributed by atoms with Gasteiger partial charge < -0.3 is 0 Å². The highest BCUT2D eigenvalue weighted by Gasteiger charge is 2.47. The summed E-state index contributed by atoms with van der Waals surface area (Å²) in [6.07, 6.45) is 0. The molecular formula is C5H9NO4S. The molecule has 6 heteroatoms. The third kappa shape index (κ3) is 1.12. The molecule has 0 radical (unpaired) electrons. The molecule has 1 fully saturated rings. The Morgan fingerprint density at radius 3 is 2.09 bits per heavy atom. The van der Waals surface area contributed by atoms with Crippen LogP contribution in [0.2, 0.25) is 0 Å². The van der Waals surface area contributed by atoms with Gasteiger partial charge in [-0.15, -0.1) is 0 Å². The lowest BCUT2D eigenvalue weighted by atomic mass is 9.95. The average molecular weight is 179 g/mol. The number of hydrogen-bond acceptors (Lipinski definition) is 3. The minimum atomic E-state index is -4.31. The largest absolute Gasteiger partial charge is 0.362 e. The van der Waals surface area contributed by atoms with Crippen LogP contribution in [-0.2, 0) is 15.1 Å². The maximum Gasteiger partial charge on any atom is 0.362 e. The molecule has 0 aromatic heterocycles. The fraction of sp³-hybridized carbons (Fsp3) is 0.800. The molecule has 1 N–H and O–H groups in total. The lowest BCUT2D eigenvalue weighted by Crippen LogP contribution is -2.60. The van der Waals surface area contributed by atoms with Gasteiger partial charge in [0, 0.05) is 0 Å². The van der Waals surface area contributed by atoms with Crippen molar-refractivity contribution in [3.63, 3.8) is 0 Å². The molecule has 5 nitrogen and oxygen atoms in total. The summed E-state index contributed by atoms with van der Waals surface area (Å²) < 4.78 is 29.8. The minimum absolute atomic E-state index is 0.308. The summed E-state index contributed by atoms with van der Waals surface area (Å²) in [5, 5.41) is 0. The maximum absolute atomic E-state index is 10.8. The SMILES string of the molecule is CC1C(=O)N(S(=O)(=O)O)[C@H]1C. The molecule has 64 valence electrons. The predicted octanol–water partition coefficient (Wildman–Crippen LogP) is -0.344. The first kappa shape index (κ1) is 8.48. The molecule has 1 saturated heterocycles. The lowest BCUT2D eigenvalue weighted by Gasteiger charge is -2.40. The minimum Gasteiger partial charge on any atom is -0.273 e. The number of nitrogens with zero attached hydrogens (tertiary/aromatic N) is 1. The van der Waals surface area contributed by atoms with E-state index >= 15 is 0 Å². The van der Waals surface area contributed by atoms with Gasteiger partial charge >= 0.3 is 10.3 Å². The third-order valence-corrected chi connectivity index (χ3v) is 2.96. The van der Waals surface area contributed by atoms with Crippen LogP contribution in [0.3, 0.4) is 0 Å². The van der Waals surface area contributed by atoms with Crippen LogP contribution >= 0.6 is 0 Å². The molecule has 0 bridgehead atoms. The van der Waals surface area contributed by atoms with Crippen molar-refractivity contribution in [3.8, 4) is 0 Å². The molecule has 1 rings (SSSR count). The Labute approximate surface area is 64.9 Å². The van der Waals surface area contributed by atoms with Crippen molar-refractivity contribution in [1.82, 2.24) is 4.31 Å². The quantitative estimate of drug-likeness (QED) is 0.441. The summed E-state index contributed by atoms with van der Waals surface area (Å²) in [6.45, 7) is 3.19. The summed E-state index contributed by atoms with van der Waals surface area (Å²) in [5.74, 6) is -0.850. The second-order valence-electron chi connectivity index (χ2n) is 2.64. The average Bonchev–Trinajstić information content (AvgIpc) is 1.85. The monoisotopic (exact) mass is 179 g/mol. The molecule has 1 aliphatic rings. The summed E-state index contributed by atoms with van der Waals surface area (Å²) in [7, 11) is -4.31. The van der Waals surface area contributed by atoms with E-state index < -0.39 is 22.3 Å². The Bertz CT molecular complexity index is 283. The van der Waals surface area contributed by atoms with Crippen molar-refractivity contribution in [2.75, 3.05) is 0 Å². The van der Waals surface area contributed by atoms with Crippen molar-refractivity contribution >= 4 is 16.2 Å². The maximum atomic E-state index is 10.8. The van der Waals surface area contributed by atoms with Crippen LogP contribution in [-0.4, -0.2) is 29.2 Å². The van der Waals surface area contributed by atoms with Crippen molar-refractivity contribution in [2.24, 2.45) is 5.92 Å². The highest BCUT2D eigenvalue weighted by Crippen LogP contribution is 2.27. The van der Waals surface area contributed by atoms with Gasteiger partial charge in [0.25, 0.3) is 0 Å². The standard InChI is InChI=1S/C5H9NO4S/c1-3-4(2)6(5(3)7)11(8,9)10/h3-4H,1-2H3,(H,8,9,10)/t3?,4-/m0/s1. The normalized spacial score (nSPS) is 31.9. The fourth-order valence-corrected chi connectivity index (χ4v) is 2.05. The molecule has 0 aromatic carbocycles. The van der Waals surface area contributed by atoms with E-state index in [0.717, 1.165) is 0 Å². The molecule has 2 atom stereocenters. The van der Waals surface area contributed by atoms with Crippen LogP contribution in [0.15, 0.2) is 0 Å². The Morgan fingerprint density at radius 1 is 1.45 bits per heavy atom. The topological polar surface area (TPSA) is 74.7 Å². The summed E-state index contributed by atoms with van der Waals surface area (Å²) >= 11 is 0. The fourth-order valence-electron chi connectivity index (χ4n) is 1.05. The number of hydrogen-bond donors (Lipinski definition) is 1. The molecule has 11 heavy (non-hydrogen) atoms. The number of carbonyl (C=O) groups excluding carboxylic acids is 1. The third-order valence-electron chi connectivity index (χ3n) is 1.95. The Kier molecular flexibility index (Phi) is 1.68. The zero-order valence-corrected chi connectivity index (χ0v) is 7.00.